The van der Waals surface area contributed by atoms with E-state index in [-0.39, 0.29) is 1.43 Å². The van der Waals surface area contributed by atoms with Gasteiger partial charge in [0.15, 0.2) is 0 Å². The number of rotatable bonds is 2. The first-order chi connectivity index (χ1) is 5.36. The molecule has 0 heterocycles. The zero-order chi connectivity index (χ0) is 8.10. The molecule has 0 aliphatic heterocycles. The Bertz CT molecular complexity index is 261. The second-order valence-electron chi connectivity index (χ2n) is 2.34. The van der Waals surface area contributed by atoms with Crippen LogP contribution in [0.15, 0.2) is 24.3 Å². The minimum atomic E-state index is 0. The lowest BCUT2D eigenvalue weighted by Gasteiger charge is -1.97. The number of nitriles is 1. The molecule has 0 saturated carbocycles. The molecule has 0 aliphatic carbocycles. The largest absolute Gasteiger partial charge is 0.316 e. The van der Waals surface area contributed by atoms with Crippen LogP contribution in [0.3, 0.4) is 0 Å². The quantitative estimate of drug-likeness (QED) is 0.690. The van der Waals surface area contributed by atoms with Crippen LogP contribution in [-0.2, 0) is 6.54 Å². The summed E-state index contributed by atoms with van der Waals surface area (Å²) in [6.45, 7) is 0.853. The van der Waals surface area contributed by atoms with Crippen molar-refractivity contribution in [1.82, 2.24) is 5.32 Å². The van der Waals surface area contributed by atoms with E-state index < -0.39 is 0 Å². The van der Waals surface area contributed by atoms with Gasteiger partial charge in [0, 0.05) is 7.97 Å². The molecule has 1 aromatic carbocycles. The standard InChI is InChI=1S/C9H10N2.H2/c1-11-7-9-4-2-8(6-10)3-5-9;/h2-5,11H,7H2,1H3;1H. The Morgan fingerprint density at radius 1 is 1.45 bits per heavy atom. The Kier molecular flexibility index (Phi) is 2.65. The first kappa shape index (κ1) is 7.77. The topological polar surface area (TPSA) is 35.8 Å². The first-order valence-electron chi connectivity index (χ1n) is 3.50. The molecule has 0 saturated heterocycles. The van der Waals surface area contributed by atoms with E-state index >= 15 is 0 Å². The molecule has 58 valence electrons. The van der Waals surface area contributed by atoms with Crippen LogP contribution in [-0.4, -0.2) is 7.05 Å². The minimum absolute atomic E-state index is 0. The summed E-state index contributed by atoms with van der Waals surface area (Å²) >= 11 is 0. The van der Waals surface area contributed by atoms with Gasteiger partial charge in [0.25, 0.3) is 0 Å². The third-order valence-corrected chi connectivity index (χ3v) is 1.46. The van der Waals surface area contributed by atoms with Crippen LogP contribution in [0.25, 0.3) is 0 Å². The van der Waals surface area contributed by atoms with Crippen molar-refractivity contribution < 1.29 is 1.43 Å². The zero-order valence-electron chi connectivity index (χ0n) is 6.46. The van der Waals surface area contributed by atoms with E-state index in [2.05, 4.69) is 11.4 Å². The fourth-order valence-electron chi connectivity index (χ4n) is 0.901. The molecule has 11 heavy (non-hydrogen) atoms. The number of hydrogen-bond donors (Lipinski definition) is 1. The van der Waals surface area contributed by atoms with Crippen LogP contribution in [0.2, 0.25) is 0 Å². The fraction of sp³-hybridized carbons (Fsp3) is 0.222. The maximum atomic E-state index is 8.49. The molecule has 0 spiro atoms. The first-order valence-corrected chi connectivity index (χ1v) is 3.50. The fourth-order valence-corrected chi connectivity index (χ4v) is 0.901. The van der Waals surface area contributed by atoms with Crippen molar-refractivity contribution in [3.63, 3.8) is 0 Å². The highest BCUT2D eigenvalue weighted by molar-refractivity contribution is 5.31. The van der Waals surface area contributed by atoms with Gasteiger partial charge in [-0.3, -0.25) is 0 Å². The van der Waals surface area contributed by atoms with E-state index in [4.69, 9.17) is 5.26 Å². The molecule has 0 fully saturated rings. The summed E-state index contributed by atoms with van der Waals surface area (Å²) in [5.74, 6) is 0. The second-order valence-corrected chi connectivity index (χ2v) is 2.34. The monoisotopic (exact) mass is 148 g/mol. The summed E-state index contributed by atoms with van der Waals surface area (Å²) in [6.07, 6.45) is 0. The summed E-state index contributed by atoms with van der Waals surface area (Å²) in [6, 6.07) is 9.63. The van der Waals surface area contributed by atoms with E-state index in [1.54, 1.807) is 0 Å². The van der Waals surface area contributed by atoms with Crippen LogP contribution in [0.5, 0.6) is 0 Å². The number of nitrogens with zero attached hydrogens (tertiary/aromatic N) is 1. The van der Waals surface area contributed by atoms with Crippen molar-refractivity contribution in [2.24, 2.45) is 0 Å². The lowest BCUT2D eigenvalue weighted by atomic mass is 10.1. The van der Waals surface area contributed by atoms with Gasteiger partial charge in [-0.15, -0.1) is 0 Å². The number of nitrogens with one attached hydrogen (secondary N) is 1. The number of hydrogen-bond acceptors (Lipinski definition) is 2. The van der Waals surface area contributed by atoms with Crippen molar-refractivity contribution in [3.05, 3.63) is 35.4 Å². The molecule has 0 aromatic heterocycles. The third-order valence-electron chi connectivity index (χ3n) is 1.46. The van der Waals surface area contributed by atoms with E-state index in [0.717, 1.165) is 6.54 Å². The molecule has 1 aromatic rings. The van der Waals surface area contributed by atoms with Crippen LogP contribution in [0.1, 0.15) is 12.6 Å². The molecule has 0 atom stereocenters. The molecule has 0 unspecified atom stereocenters. The lowest BCUT2D eigenvalue weighted by molar-refractivity contribution is 0.818. The normalized spacial score (nSPS) is 9.09. The molecular formula is C9H12N2. The Labute approximate surface area is 68.0 Å². The summed E-state index contributed by atoms with van der Waals surface area (Å²) < 4.78 is 0. The molecule has 0 radical (unpaired) electrons. The van der Waals surface area contributed by atoms with Gasteiger partial charge in [-0.2, -0.15) is 5.26 Å². The van der Waals surface area contributed by atoms with Gasteiger partial charge >= 0.3 is 0 Å². The van der Waals surface area contributed by atoms with E-state index in [0.29, 0.717) is 5.56 Å². The molecule has 1 rings (SSSR count). The molecule has 0 bridgehead atoms. The third kappa shape index (κ3) is 2.06. The van der Waals surface area contributed by atoms with Gasteiger partial charge in [-0.05, 0) is 24.7 Å². The van der Waals surface area contributed by atoms with Gasteiger partial charge in [0.2, 0.25) is 0 Å². The molecule has 1 N–H and O–H groups in total. The maximum absolute atomic E-state index is 8.49. The second kappa shape index (κ2) is 3.75. The summed E-state index contributed by atoms with van der Waals surface area (Å²) in [5, 5.41) is 11.5. The van der Waals surface area contributed by atoms with Gasteiger partial charge in [-0.1, -0.05) is 12.1 Å². The van der Waals surface area contributed by atoms with Crippen molar-refractivity contribution in [2.45, 2.75) is 6.54 Å². The minimum Gasteiger partial charge on any atom is -0.316 e. The summed E-state index contributed by atoms with van der Waals surface area (Å²) in [4.78, 5) is 0. The highest BCUT2D eigenvalue weighted by Gasteiger charge is 1.90. The van der Waals surface area contributed by atoms with Gasteiger partial charge in [-0.25, -0.2) is 0 Å². The van der Waals surface area contributed by atoms with Gasteiger partial charge in [0.05, 0.1) is 11.6 Å². The van der Waals surface area contributed by atoms with Crippen molar-refractivity contribution in [3.8, 4) is 6.07 Å². The molecule has 0 amide bonds. The average molecular weight is 148 g/mol. The summed E-state index contributed by atoms with van der Waals surface area (Å²) in [5.41, 5.74) is 1.91. The molecule has 2 heteroatoms. The maximum Gasteiger partial charge on any atom is 0.0991 e. The van der Waals surface area contributed by atoms with Crippen LogP contribution < -0.4 is 5.32 Å². The predicted octanol–water partition coefficient (Wildman–Crippen LogP) is 1.52. The van der Waals surface area contributed by atoms with Crippen LogP contribution >= 0.6 is 0 Å². The van der Waals surface area contributed by atoms with Crippen molar-refractivity contribution >= 4 is 0 Å². The highest BCUT2D eigenvalue weighted by atomic mass is 14.8. The molecule has 0 aliphatic rings. The van der Waals surface area contributed by atoms with Crippen LogP contribution in [0, 0.1) is 11.3 Å². The van der Waals surface area contributed by atoms with Crippen molar-refractivity contribution in [1.29, 1.82) is 5.26 Å². The van der Waals surface area contributed by atoms with E-state index in [1.807, 2.05) is 31.3 Å². The van der Waals surface area contributed by atoms with E-state index in [9.17, 15) is 0 Å². The predicted molar refractivity (Wildman–Crippen MR) is 46.0 cm³/mol. The van der Waals surface area contributed by atoms with Crippen molar-refractivity contribution in [2.75, 3.05) is 7.05 Å². The Morgan fingerprint density at radius 2 is 2.09 bits per heavy atom. The van der Waals surface area contributed by atoms with Gasteiger partial charge < -0.3 is 5.32 Å². The Balaban J connectivity index is 0.00000121. The zero-order valence-corrected chi connectivity index (χ0v) is 6.46. The SMILES string of the molecule is CNCc1ccc(C#N)cc1.[HH]. The number of benzene rings is 1. The van der Waals surface area contributed by atoms with E-state index in [1.165, 1.54) is 5.56 Å². The van der Waals surface area contributed by atoms with Crippen LogP contribution in [0.4, 0.5) is 0 Å². The summed E-state index contributed by atoms with van der Waals surface area (Å²) in [7, 11) is 1.90. The Hall–Kier alpha value is -1.33. The average Bonchev–Trinajstić information content (AvgIpc) is 2.07. The molecular weight excluding hydrogens is 136 g/mol. The lowest BCUT2D eigenvalue weighted by Crippen LogP contribution is -2.04. The highest BCUT2D eigenvalue weighted by Crippen LogP contribution is 2.01. The Morgan fingerprint density at radius 3 is 2.55 bits per heavy atom. The smallest absolute Gasteiger partial charge is 0.0991 e. The molecule has 2 nitrogen and oxygen atoms in total. The van der Waals surface area contributed by atoms with Gasteiger partial charge in [0.1, 0.15) is 0 Å².